The Hall–Kier alpha value is -1.65. The maximum Gasteiger partial charge on any atom is 0.260 e. The molecule has 1 rings (SSSR count). The van der Waals surface area contributed by atoms with Gasteiger partial charge in [-0.25, -0.2) is 4.99 Å². The van der Waals surface area contributed by atoms with Crippen molar-refractivity contribution in [3.8, 4) is 0 Å². The van der Waals surface area contributed by atoms with Gasteiger partial charge in [-0.15, -0.1) is 0 Å². The summed E-state index contributed by atoms with van der Waals surface area (Å²) in [6.45, 7) is 3.47. The van der Waals surface area contributed by atoms with Crippen molar-refractivity contribution in [3.05, 3.63) is 11.6 Å². The predicted octanol–water partition coefficient (Wildman–Crippen LogP) is 0.296. The molecule has 5 nitrogen and oxygen atoms in total. The first-order valence-corrected chi connectivity index (χ1v) is 3.81. The fraction of sp³-hybridized carbons (Fsp3) is 0.375. The number of nitrogens with zero attached hydrogens (tertiary/aromatic N) is 2. The summed E-state index contributed by atoms with van der Waals surface area (Å²) in [5, 5.41) is 11.2. The zero-order chi connectivity index (χ0) is 10.0. The van der Waals surface area contributed by atoms with E-state index in [9.17, 15) is 4.79 Å². The fourth-order valence-electron chi connectivity index (χ4n) is 1.30. The lowest BCUT2D eigenvalue weighted by Crippen LogP contribution is -2.33. The number of hydrogen-bond acceptors (Lipinski definition) is 3. The van der Waals surface area contributed by atoms with Gasteiger partial charge >= 0.3 is 0 Å². The minimum atomic E-state index is -0.700. The molecule has 0 radical (unpaired) electrons. The predicted molar refractivity (Wildman–Crippen MR) is 48.8 cm³/mol. The van der Waals surface area contributed by atoms with Crippen LogP contribution in [0.1, 0.15) is 13.8 Å². The summed E-state index contributed by atoms with van der Waals surface area (Å²) in [6, 6.07) is 0. The summed E-state index contributed by atoms with van der Waals surface area (Å²) in [5.41, 5.74) is 6.73. The van der Waals surface area contributed by atoms with Crippen LogP contribution in [0.2, 0.25) is 0 Å². The van der Waals surface area contributed by atoms with Gasteiger partial charge in [0.05, 0.1) is 0 Å². The van der Waals surface area contributed by atoms with Crippen LogP contribution in [0.5, 0.6) is 0 Å². The topological polar surface area (TPSA) is 88.0 Å². The van der Waals surface area contributed by atoms with Gasteiger partial charge in [-0.3, -0.25) is 4.79 Å². The average molecular weight is 181 g/mol. The summed E-state index contributed by atoms with van der Waals surface area (Å²) in [5.74, 6) is -1.20. The molecule has 1 unspecified atom stereocenters. The van der Waals surface area contributed by atoms with Crippen molar-refractivity contribution in [1.82, 2.24) is 0 Å². The number of hydrogen-bond donors (Lipinski definition) is 2. The van der Waals surface area contributed by atoms with Crippen molar-refractivity contribution in [1.29, 1.82) is 0 Å². The number of allylic oxidation sites excluding steroid dienone is 1. The summed E-state index contributed by atoms with van der Waals surface area (Å²) >= 11 is 0. The van der Waals surface area contributed by atoms with Crippen LogP contribution in [-0.4, -0.2) is 22.7 Å². The molecule has 3 N–H and O–H groups in total. The molecule has 1 aliphatic rings. The number of rotatable bonds is 1. The Bertz CT molecular complexity index is 328. The van der Waals surface area contributed by atoms with Crippen LogP contribution >= 0.6 is 0 Å². The molecule has 1 amide bonds. The molecular weight excluding hydrogens is 170 g/mol. The number of oxime groups is 1. The minimum Gasteiger partial charge on any atom is -0.409 e. The van der Waals surface area contributed by atoms with Crippen molar-refractivity contribution >= 4 is 17.5 Å². The highest BCUT2D eigenvalue weighted by Crippen LogP contribution is 2.17. The van der Waals surface area contributed by atoms with E-state index < -0.39 is 5.92 Å². The lowest BCUT2D eigenvalue weighted by molar-refractivity contribution is -0.118. The van der Waals surface area contributed by atoms with Crippen LogP contribution in [0.15, 0.2) is 21.8 Å². The molecule has 1 aliphatic heterocycles. The van der Waals surface area contributed by atoms with Crippen molar-refractivity contribution in [2.45, 2.75) is 13.8 Å². The quantitative estimate of drug-likeness (QED) is 0.264. The zero-order valence-corrected chi connectivity index (χ0v) is 7.48. The second-order valence-electron chi connectivity index (χ2n) is 2.94. The van der Waals surface area contributed by atoms with Crippen molar-refractivity contribution in [2.24, 2.45) is 21.8 Å². The van der Waals surface area contributed by atoms with Crippen LogP contribution in [0.3, 0.4) is 0 Å². The van der Waals surface area contributed by atoms with Crippen LogP contribution in [0, 0.1) is 5.92 Å². The Morgan fingerprint density at radius 1 is 1.69 bits per heavy atom. The lowest BCUT2D eigenvalue weighted by atomic mass is 9.95. The van der Waals surface area contributed by atoms with Gasteiger partial charge < -0.3 is 10.9 Å². The molecule has 0 saturated carbocycles. The molecule has 0 saturated heterocycles. The third-order valence-corrected chi connectivity index (χ3v) is 1.84. The average Bonchev–Trinajstić information content (AvgIpc) is 2.02. The molecule has 0 spiro atoms. The maximum absolute atomic E-state index is 11.3. The van der Waals surface area contributed by atoms with E-state index in [1.807, 2.05) is 0 Å². The molecule has 0 bridgehead atoms. The van der Waals surface area contributed by atoms with E-state index in [1.54, 1.807) is 19.9 Å². The van der Waals surface area contributed by atoms with E-state index in [0.717, 1.165) is 5.57 Å². The maximum atomic E-state index is 11.3. The van der Waals surface area contributed by atoms with Gasteiger partial charge in [0.25, 0.3) is 5.91 Å². The largest absolute Gasteiger partial charge is 0.409 e. The first kappa shape index (κ1) is 9.44. The molecule has 0 aliphatic carbocycles. The van der Waals surface area contributed by atoms with Crippen LogP contribution < -0.4 is 5.73 Å². The molecule has 0 fully saturated rings. The second kappa shape index (κ2) is 3.38. The first-order valence-electron chi connectivity index (χ1n) is 3.81. The molecule has 70 valence electrons. The molecule has 1 heterocycles. The van der Waals surface area contributed by atoms with E-state index >= 15 is 0 Å². The molecule has 0 aromatic heterocycles. The first-order chi connectivity index (χ1) is 6.06. The highest BCUT2D eigenvalue weighted by atomic mass is 16.4. The van der Waals surface area contributed by atoms with Gasteiger partial charge in [0.2, 0.25) is 0 Å². The number of amides is 1. The minimum absolute atomic E-state index is 0.116. The summed E-state index contributed by atoms with van der Waals surface area (Å²) in [6.07, 6.45) is 1.74. The van der Waals surface area contributed by atoms with E-state index in [-0.39, 0.29) is 11.7 Å². The summed E-state index contributed by atoms with van der Waals surface area (Å²) in [7, 11) is 0. The number of amidine groups is 1. The summed E-state index contributed by atoms with van der Waals surface area (Å²) < 4.78 is 0. The van der Waals surface area contributed by atoms with Gasteiger partial charge in [0, 0.05) is 5.71 Å². The third-order valence-electron chi connectivity index (χ3n) is 1.84. The van der Waals surface area contributed by atoms with Gasteiger partial charge in [0.15, 0.2) is 5.84 Å². The number of nitrogens with two attached hydrogens (primary N) is 1. The van der Waals surface area contributed by atoms with Crippen molar-refractivity contribution < 1.29 is 10.0 Å². The Balaban J connectivity index is 3.04. The van der Waals surface area contributed by atoms with E-state index in [1.165, 1.54) is 0 Å². The van der Waals surface area contributed by atoms with Gasteiger partial charge in [-0.2, -0.15) is 0 Å². The number of aliphatic imine (C=N–C) groups is 1. The van der Waals surface area contributed by atoms with E-state index in [0.29, 0.717) is 5.71 Å². The van der Waals surface area contributed by atoms with Crippen LogP contribution in [-0.2, 0) is 4.79 Å². The highest BCUT2D eigenvalue weighted by Gasteiger charge is 2.27. The number of dihydropyridines is 1. The SMILES string of the molecule is CC1=CC(C)=NC(=O)C1/C(N)=N/O. The molecule has 0 aromatic carbocycles. The Kier molecular flexibility index (Phi) is 2.46. The van der Waals surface area contributed by atoms with Gasteiger partial charge in [0.1, 0.15) is 5.92 Å². The van der Waals surface area contributed by atoms with Gasteiger partial charge in [-0.1, -0.05) is 10.7 Å². The molecule has 0 aromatic rings. The lowest BCUT2D eigenvalue weighted by Gasteiger charge is -2.16. The van der Waals surface area contributed by atoms with Gasteiger partial charge in [-0.05, 0) is 19.9 Å². The Morgan fingerprint density at radius 3 is 2.77 bits per heavy atom. The second-order valence-corrected chi connectivity index (χ2v) is 2.94. The molecule has 13 heavy (non-hydrogen) atoms. The van der Waals surface area contributed by atoms with E-state index in [4.69, 9.17) is 10.9 Å². The normalized spacial score (nSPS) is 24.0. The smallest absolute Gasteiger partial charge is 0.260 e. The number of carbonyl (C=O) groups excluding carboxylic acids is 1. The number of carbonyl (C=O) groups is 1. The zero-order valence-electron chi connectivity index (χ0n) is 7.48. The Labute approximate surface area is 75.6 Å². The Morgan fingerprint density at radius 2 is 2.31 bits per heavy atom. The summed E-state index contributed by atoms with van der Waals surface area (Å²) in [4.78, 5) is 15.0. The molecule has 1 atom stereocenters. The standard InChI is InChI=1S/C8H11N3O2/c1-4-3-5(2)10-8(12)6(4)7(9)11-13/h3,6,13H,1-2H3,(H2,9,11). The monoisotopic (exact) mass is 181 g/mol. The van der Waals surface area contributed by atoms with Crippen molar-refractivity contribution in [3.63, 3.8) is 0 Å². The van der Waals surface area contributed by atoms with E-state index in [2.05, 4.69) is 10.1 Å². The molecular formula is C8H11N3O2. The van der Waals surface area contributed by atoms with Crippen LogP contribution in [0.25, 0.3) is 0 Å². The van der Waals surface area contributed by atoms with Crippen LogP contribution in [0.4, 0.5) is 0 Å². The third kappa shape index (κ3) is 1.74. The molecule has 5 heteroatoms. The van der Waals surface area contributed by atoms with Crippen molar-refractivity contribution in [2.75, 3.05) is 0 Å². The fourth-order valence-corrected chi connectivity index (χ4v) is 1.30. The highest BCUT2D eigenvalue weighted by molar-refractivity contribution is 6.14.